The van der Waals surface area contributed by atoms with E-state index in [-0.39, 0.29) is 34.9 Å². The fourth-order valence-electron chi connectivity index (χ4n) is 2.58. The molecule has 0 heterocycles. The van der Waals surface area contributed by atoms with Crippen molar-refractivity contribution in [1.82, 2.24) is 4.90 Å². The number of carbonyl (C=O) groups is 2. The van der Waals surface area contributed by atoms with Crippen LogP contribution < -0.4 is 10.6 Å². The van der Waals surface area contributed by atoms with Crippen molar-refractivity contribution < 1.29 is 9.59 Å². The molecule has 2 aromatic carbocycles. The first-order chi connectivity index (χ1) is 12.7. The number of anilines is 2. The molecule has 0 radical (unpaired) electrons. The summed E-state index contributed by atoms with van der Waals surface area (Å²) in [4.78, 5) is 26.1. The van der Waals surface area contributed by atoms with E-state index in [1.54, 1.807) is 11.9 Å². The maximum atomic E-state index is 12.3. The van der Waals surface area contributed by atoms with Crippen molar-refractivity contribution in [2.24, 2.45) is 0 Å². The van der Waals surface area contributed by atoms with Gasteiger partial charge in [-0.3, -0.25) is 14.5 Å². The summed E-state index contributed by atoms with van der Waals surface area (Å²) in [6, 6.07) is 8.78. The van der Waals surface area contributed by atoms with Gasteiger partial charge in [0.15, 0.2) is 0 Å². The molecule has 5 nitrogen and oxygen atoms in total. The first-order valence-electron chi connectivity index (χ1n) is 8.16. The van der Waals surface area contributed by atoms with Crippen LogP contribution >= 0.6 is 34.8 Å². The second-order valence-corrected chi connectivity index (χ2v) is 7.53. The van der Waals surface area contributed by atoms with Gasteiger partial charge in [0.25, 0.3) is 0 Å². The average molecular weight is 429 g/mol. The van der Waals surface area contributed by atoms with Crippen LogP contribution in [0.3, 0.4) is 0 Å². The Hall–Kier alpha value is -1.79. The Morgan fingerprint density at radius 3 is 1.81 bits per heavy atom. The van der Waals surface area contributed by atoms with Crippen molar-refractivity contribution >= 4 is 58.0 Å². The van der Waals surface area contributed by atoms with Crippen LogP contribution in [0.15, 0.2) is 30.3 Å². The number of carbonyl (C=O) groups excluding carboxylic acids is 2. The van der Waals surface area contributed by atoms with Crippen LogP contribution in [-0.2, 0) is 9.59 Å². The predicted octanol–water partition coefficient (Wildman–Crippen LogP) is 4.77. The number of aryl methyl sites for hydroxylation is 2. The number of hydrogen-bond donors (Lipinski definition) is 2. The van der Waals surface area contributed by atoms with Gasteiger partial charge in [0.05, 0.1) is 28.8 Å². The Labute approximate surface area is 173 Å². The zero-order chi connectivity index (χ0) is 20.1. The summed E-state index contributed by atoms with van der Waals surface area (Å²) in [5, 5.41) is 6.40. The number of nitrogens with one attached hydrogen (secondary N) is 2. The molecule has 0 bridgehead atoms. The Morgan fingerprint density at radius 1 is 0.889 bits per heavy atom. The number of likely N-dealkylation sites (N-methyl/N-ethyl adjacent to an activating group) is 1. The minimum absolute atomic E-state index is 0.00451. The molecule has 0 fully saturated rings. The molecule has 2 amide bonds. The number of benzene rings is 2. The molecule has 0 saturated heterocycles. The third kappa shape index (κ3) is 6.11. The Bertz CT molecular complexity index is 828. The largest absolute Gasteiger partial charge is 0.324 e. The van der Waals surface area contributed by atoms with Crippen LogP contribution in [0.4, 0.5) is 11.4 Å². The topological polar surface area (TPSA) is 61.4 Å². The molecule has 2 rings (SSSR count). The van der Waals surface area contributed by atoms with Crippen LogP contribution in [0.25, 0.3) is 0 Å². The van der Waals surface area contributed by atoms with E-state index in [0.29, 0.717) is 10.7 Å². The Kier molecular flexibility index (Phi) is 7.50. The lowest BCUT2D eigenvalue weighted by molar-refractivity contribution is -0.119. The van der Waals surface area contributed by atoms with Crippen molar-refractivity contribution in [3.63, 3.8) is 0 Å². The first kappa shape index (κ1) is 21.5. The second kappa shape index (κ2) is 9.42. The quantitative estimate of drug-likeness (QED) is 0.696. The van der Waals surface area contributed by atoms with Crippen LogP contribution in [0.2, 0.25) is 15.1 Å². The number of hydrogen-bond acceptors (Lipinski definition) is 3. The summed E-state index contributed by atoms with van der Waals surface area (Å²) < 4.78 is 0. The Morgan fingerprint density at radius 2 is 1.33 bits per heavy atom. The number of nitrogens with zero attached hydrogens (tertiary/aromatic N) is 1. The molecule has 0 aliphatic rings. The van der Waals surface area contributed by atoms with E-state index in [4.69, 9.17) is 34.8 Å². The molecular weight excluding hydrogens is 409 g/mol. The van der Waals surface area contributed by atoms with Gasteiger partial charge in [-0.15, -0.1) is 0 Å². The van der Waals surface area contributed by atoms with Crippen molar-refractivity contribution in [3.05, 3.63) is 56.5 Å². The van der Waals surface area contributed by atoms with Gasteiger partial charge in [-0.2, -0.15) is 0 Å². The summed E-state index contributed by atoms with van der Waals surface area (Å²) in [5.74, 6) is -0.547. The minimum Gasteiger partial charge on any atom is -0.324 e. The highest BCUT2D eigenvalue weighted by Crippen LogP contribution is 2.33. The van der Waals surface area contributed by atoms with Crippen LogP contribution in [-0.4, -0.2) is 36.9 Å². The van der Waals surface area contributed by atoms with Gasteiger partial charge >= 0.3 is 0 Å². The zero-order valence-corrected chi connectivity index (χ0v) is 17.5. The first-order valence-corrected chi connectivity index (χ1v) is 9.29. The molecule has 8 heteroatoms. The van der Waals surface area contributed by atoms with E-state index in [2.05, 4.69) is 10.6 Å². The van der Waals surface area contributed by atoms with E-state index in [1.165, 1.54) is 12.1 Å². The molecule has 2 N–H and O–H groups in total. The smallest absolute Gasteiger partial charge is 0.238 e. The molecule has 0 aliphatic heterocycles. The molecule has 0 atom stereocenters. The van der Waals surface area contributed by atoms with Crippen molar-refractivity contribution in [2.75, 3.05) is 30.8 Å². The van der Waals surface area contributed by atoms with Crippen LogP contribution in [0.5, 0.6) is 0 Å². The highest BCUT2D eigenvalue weighted by Gasteiger charge is 2.15. The van der Waals surface area contributed by atoms with Crippen LogP contribution in [0, 0.1) is 13.8 Å². The van der Waals surface area contributed by atoms with E-state index in [0.717, 1.165) is 16.8 Å². The average Bonchev–Trinajstić information content (AvgIpc) is 2.54. The lowest BCUT2D eigenvalue weighted by atomic mass is 10.1. The molecule has 2 aromatic rings. The number of rotatable bonds is 6. The molecule has 0 saturated carbocycles. The van der Waals surface area contributed by atoms with Gasteiger partial charge in [0.2, 0.25) is 11.8 Å². The summed E-state index contributed by atoms with van der Waals surface area (Å²) in [5.41, 5.74) is 3.05. The van der Waals surface area contributed by atoms with Crippen molar-refractivity contribution in [1.29, 1.82) is 0 Å². The molecule has 144 valence electrons. The van der Waals surface area contributed by atoms with Gasteiger partial charge in [-0.1, -0.05) is 53.0 Å². The Balaban J connectivity index is 1.92. The predicted molar refractivity (Wildman–Crippen MR) is 112 cm³/mol. The van der Waals surface area contributed by atoms with E-state index >= 15 is 0 Å². The molecule has 0 spiro atoms. The van der Waals surface area contributed by atoms with E-state index in [9.17, 15) is 9.59 Å². The summed E-state index contributed by atoms with van der Waals surface area (Å²) >= 11 is 18.0. The minimum atomic E-state index is -0.344. The summed E-state index contributed by atoms with van der Waals surface area (Å²) in [6.07, 6.45) is 0. The number of amides is 2. The maximum absolute atomic E-state index is 12.3. The van der Waals surface area contributed by atoms with Gasteiger partial charge in [-0.05, 0) is 44.2 Å². The SMILES string of the molecule is Cc1cccc(C)c1NC(=O)CN(C)CC(=O)Nc1c(Cl)cc(Cl)cc1Cl. The summed E-state index contributed by atoms with van der Waals surface area (Å²) in [7, 11) is 1.68. The molecule has 0 unspecified atom stereocenters. The van der Waals surface area contributed by atoms with Crippen molar-refractivity contribution in [2.45, 2.75) is 13.8 Å². The fraction of sp³-hybridized carbons (Fsp3) is 0.263. The van der Waals surface area contributed by atoms with Crippen molar-refractivity contribution in [3.8, 4) is 0 Å². The molecule has 0 aliphatic carbocycles. The monoisotopic (exact) mass is 427 g/mol. The fourth-order valence-corrected chi connectivity index (χ4v) is 3.49. The van der Waals surface area contributed by atoms with Gasteiger partial charge in [0.1, 0.15) is 0 Å². The summed E-state index contributed by atoms with van der Waals surface area (Å²) in [6.45, 7) is 3.91. The van der Waals surface area contributed by atoms with E-state index < -0.39 is 0 Å². The lowest BCUT2D eigenvalue weighted by Gasteiger charge is -2.18. The van der Waals surface area contributed by atoms with Crippen LogP contribution in [0.1, 0.15) is 11.1 Å². The normalized spacial score (nSPS) is 10.8. The number of para-hydroxylation sites is 1. The molecule has 27 heavy (non-hydrogen) atoms. The molecular formula is C19H20Cl3N3O2. The zero-order valence-electron chi connectivity index (χ0n) is 15.2. The van der Waals surface area contributed by atoms with Gasteiger partial charge < -0.3 is 10.6 Å². The van der Waals surface area contributed by atoms with Gasteiger partial charge in [0, 0.05) is 10.7 Å². The standard InChI is InChI=1S/C19H20Cl3N3O2/c1-11-5-4-6-12(2)18(11)23-16(26)9-25(3)10-17(27)24-19-14(21)7-13(20)8-15(19)22/h4-8H,9-10H2,1-3H3,(H,23,26)(H,24,27). The highest BCUT2D eigenvalue weighted by atomic mass is 35.5. The van der Waals surface area contributed by atoms with E-state index in [1.807, 2.05) is 32.0 Å². The third-order valence-electron chi connectivity index (χ3n) is 3.84. The highest BCUT2D eigenvalue weighted by molar-refractivity contribution is 6.42. The maximum Gasteiger partial charge on any atom is 0.238 e. The van der Waals surface area contributed by atoms with Gasteiger partial charge in [-0.25, -0.2) is 0 Å². The third-order valence-corrected chi connectivity index (χ3v) is 4.66. The lowest BCUT2D eigenvalue weighted by Crippen LogP contribution is -2.36. The number of halogens is 3. The molecule has 0 aromatic heterocycles. The second-order valence-electron chi connectivity index (χ2n) is 6.28.